The van der Waals surface area contributed by atoms with Crippen LogP contribution in [0.15, 0.2) is 47.5 Å². The van der Waals surface area contributed by atoms with Crippen LogP contribution in [-0.4, -0.2) is 31.3 Å². The van der Waals surface area contributed by atoms with Gasteiger partial charge in [0.2, 0.25) is 0 Å². The topological polar surface area (TPSA) is 65.9 Å². The molecule has 0 aromatic heterocycles. The first-order valence-corrected chi connectivity index (χ1v) is 8.25. The third-order valence-corrected chi connectivity index (χ3v) is 3.64. The molecule has 0 atom stereocenters. The molecule has 0 aliphatic carbocycles. The van der Waals surface area contributed by atoms with Gasteiger partial charge in [0.25, 0.3) is 0 Å². The molecule has 5 nitrogen and oxygen atoms in total. The molecular weight excluding hydrogens is 321 g/mol. The zero-order chi connectivity index (χ0) is 18.1. The standard InChI is InChI=1S/C19H24FN3O2/c1-3-21-19(23-13-14-6-4-8-16(20)12-14)22-11-10-15-7-5-9-17(25-2)18(15)24/h4-9,12,24H,3,10-11,13H2,1-2H3,(H2,21,22,23). The van der Waals surface area contributed by atoms with Gasteiger partial charge in [0, 0.05) is 13.1 Å². The first kappa shape index (κ1) is 18.6. The van der Waals surface area contributed by atoms with E-state index in [0.29, 0.717) is 31.2 Å². The van der Waals surface area contributed by atoms with E-state index >= 15 is 0 Å². The Kier molecular flexibility index (Phi) is 7.07. The summed E-state index contributed by atoms with van der Waals surface area (Å²) in [6, 6.07) is 11.8. The van der Waals surface area contributed by atoms with Crippen molar-refractivity contribution in [2.24, 2.45) is 4.99 Å². The van der Waals surface area contributed by atoms with Gasteiger partial charge in [0.15, 0.2) is 17.5 Å². The van der Waals surface area contributed by atoms with Gasteiger partial charge in [-0.05, 0) is 42.7 Å². The van der Waals surface area contributed by atoms with E-state index in [0.717, 1.165) is 17.7 Å². The zero-order valence-corrected chi connectivity index (χ0v) is 14.6. The molecule has 134 valence electrons. The summed E-state index contributed by atoms with van der Waals surface area (Å²) in [5.41, 5.74) is 1.61. The van der Waals surface area contributed by atoms with Gasteiger partial charge in [-0.1, -0.05) is 24.3 Å². The number of phenolic OH excluding ortho intramolecular Hbond substituents is 1. The lowest BCUT2D eigenvalue weighted by molar-refractivity contribution is 0.370. The number of aromatic hydroxyl groups is 1. The molecule has 2 aromatic carbocycles. The third kappa shape index (κ3) is 5.67. The number of aliphatic imine (C=N–C) groups is 1. The van der Waals surface area contributed by atoms with Crippen molar-refractivity contribution < 1.29 is 14.2 Å². The zero-order valence-electron chi connectivity index (χ0n) is 14.6. The van der Waals surface area contributed by atoms with Crippen molar-refractivity contribution in [2.45, 2.75) is 19.9 Å². The fourth-order valence-electron chi connectivity index (χ4n) is 2.40. The summed E-state index contributed by atoms with van der Waals surface area (Å²) in [6.07, 6.45) is 0.618. The maximum absolute atomic E-state index is 13.2. The normalized spacial score (nSPS) is 11.2. The maximum Gasteiger partial charge on any atom is 0.191 e. The molecule has 0 fully saturated rings. The number of para-hydroxylation sites is 1. The van der Waals surface area contributed by atoms with Crippen molar-refractivity contribution in [1.82, 2.24) is 10.6 Å². The number of ether oxygens (including phenoxy) is 1. The molecule has 0 saturated heterocycles. The van der Waals surface area contributed by atoms with Gasteiger partial charge in [-0.15, -0.1) is 0 Å². The minimum atomic E-state index is -0.265. The molecule has 2 rings (SSSR count). The Bertz CT molecular complexity index is 720. The van der Waals surface area contributed by atoms with Crippen molar-refractivity contribution in [1.29, 1.82) is 0 Å². The Morgan fingerprint density at radius 3 is 2.72 bits per heavy atom. The fraction of sp³-hybridized carbons (Fsp3) is 0.316. The van der Waals surface area contributed by atoms with Crippen LogP contribution in [0, 0.1) is 5.82 Å². The van der Waals surface area contributed by atoms with Crippen molar-refractivity contribution in [2.75, 3.05) is 20.2 Å². The molecule has 0 saturated carbocycles. The van der Waals surface area contributed by atoms with Gasteiger partial charge in [0.05, 0.1) is 13.7 Å². The Labute approximate surface area is 147 Å². The van der Waals surface area contributed by atoms with E-state index < -0.39 is 0 Å². The summed E-state index contributed by atoms with van der Waals surface area (Å²) in [4.78, 5) is 4.45. The molecule has 0 bridgehead atoms. The highest BCUT2D eigenvalue weighted by Gasteiger charge is 2.07. The number of phenols is 1. The molecule has 25 heavy (non-hydrogen) atoms. The van der Waals surface area contributed by atoms with Gasteiger partial charge in [0.1, 0.15) is 5.82 Å². The van der Waals surface area contributed by atoms with E-state index in [2.05, 4.69) is 15.6 Å². The largest absolute Gasteiger partial charge is 0.504 e. The van der Waals surface area contributed by atoms with Crippen molar-refractivity contribution in [3.63, 3.8) is 0 Å². The van der Waals surface area contributed by atoms with Crippen molar-refractivity contribution >= 4 is 5.96 Å². The number of guanidine groups is 1. The van der Waals surface area contributed by atoms with Crippen molar-refractivity contribution in [3.8, 4) is 11.5 Å². The summed E-state index contributed by atoms with van der Waals surface area (Å²) in [5.74, 6) is 1.01. The van der Waals surface area contributed by atoms with E-state index in [1.165, 1.54) is 19.2 Å². The van der Waals surface area contributed by atoms with Gasteiger partial charge < -0.3 is 20.5 Å². The van der Waals surface area contributed by atoms with E-state index in [-0.39, 0.29) is 11.6 Å². The lowest BCUT2D eigenvalue weighted by atomic mass is 10.1. The minimum Gasteiger partial charge on any atom is -0.504 e. The highest BCUT2D eigenvalue weighted by molar-refractivity contribution is 5.79. The molecule has 0 aliphatic heterocycles. The van der Waals surface area contributed by atoms with Crippen LogP contribution in [0.25, 0.3) is 0 Å². The third-order valence-electron chi connectivity index (χ3n) is 3.64. The average molecular weight is 345 g/mol. The Morgan fingerprint density at radius 1 is 1.20 bits per heavy atom. The highest BCUT2D eigenvalue weighted by Crippen LogP contribution is 2.29. The summed E-state index contributed by atoms with van der Waals surface area (Å²) in [6.45, 7) is 3.68. The van der Waals surface area contributed by atoms with Crippen LogP contribution in [0.4, 0.5) is 4.39 Å². The molecule has 0 heterocycles. The average Bonchev–Trinajstić information content (AvgIpc) is 2.61. The maximum atomic E-state index is 13.2. The smallest absolute Gasteiger partial charge is 0.191 e. The minimum absolute atomic E-state index is 0.161. The number of methoxy groups -OCH3 is 1. The first-order valence-electron chi connectivity index (χ1n) is 8.25. The first-order chi connectivity index (χ1) is 12.1. The van der Waals surface area contributed by atoms with Gasteiger partial charge >= 0.3 is 0 Å². The van der Waals surface area contributed by atoms with Crippen LogP contribution >= 0.6 is 0 Å². The Morgan fingerprint density at radius 2 is 2.00 bits per heavy atom. The van der Waals surface area contributed by atoms with Crippen LogP contribution < -0.4 is 15.4 Å². The molecule has 6 heteroatoms. The number of halogens is 1. The summed E-state index contributed by atoms with van der Waals surface area (Å²) >= 11 is 0. The molecule has 2 aromatic rings. The van der Waals surface area contributed by atoms with E-state index in [4.69, 9.17) is 4.74 Å². The second-order valence-corrected chi connectivity index (χ2v) is 5.47. The van der Waals surface area contributed by atoms with Crippen LogP contribution in [0.2, 0.25) is 0 Å². The second kappa shape index (κ2) is 9.52. The summed E-state index contributed by atoms with van der Waals surface area (Å²) in [7, 11) is 1.53. The number of nitrogens with zero attached hydrogens (tertiary/aromatic N) is 1. The fourth-order valence-corrected chi connectivity index (χ4v) is 2.40. The molecule has 0 unspecified atom stereocenters. The number of rotatable bonds is 7. The molecular formula is C19H24FN3O2. The predicted octanol–water partition coefficient (Wildman–Crippen LogP) is 2.84. The SMILES string of the molecule is CCNC(=NCc1cccc(F)c1)NCCc1cccc(OC)c1O. The van der Waals surface area contributed by atoms with Gasteiger partial charge in [-0.3, -0.25) is 0 Å². The lowest BCUT2D eigenvalue weighted by Crippen LogP contribution is -2.38. The molecule has 3 N–H and O–H groups in total. The monoisotopic (exact) mass is 345 g/mol. The molecule has 0 amide bonds. The van der Waals surface area contributed by atoms with E-state index in [9.17, 15) is 9.50 Å². The molecule has 0 radical (unpaired) electrons. The Hall–Kier alpha value is -2.76. The molecule has 0 aliphatic rings. The van der Waals surface area contributed by atoms with Crippen molar-refractivity contribution in [3.05, 3.63) is 59.4 Å². The number of benzene rings is 2. The number of hydrogen-bond donors (Lipinski definition) is 3. The molecule has 0 spiro atoms. The van der Waals surface area contributed by atoms with E-state index in [1.54, 1.807) is 12.1 Å². The Balaban J connectivity index is 1.94. The van der Waals surface area contributed by atoms with E-state index in [1.807, 2.05) is 25.1 Å². The van der Waals surface area contributed by atoms with Crippen LogP contribution in [-0.2, 0) is 13.0 Å². The number of hydrogen-bond acceptors (Lipinski definition) is 3. The van der Waals surface area contributed by atoms with Gasteiger partial charge in [-0.25, -0.2) is 9.38 Å². The summed E-state index contributed by atoms with van der Waals surface area (Å²) in [5, 5.41) is 16.5. The highest BCUT2D eigenvalue weighted by atomic mass is 19.1. The quantitative estimate of drug-likeness (QED) is 0.533. The predicted molar refractivity (Wildman–Crippen MR) is 97.6 cm³/mol. The number of nitrogens with one attached hydrogen (secondary N) is 2. The second-order valence-electron chi connectivity index (χ2n) is 5.47. The van der Waals surface area contributed by atoms with Crippen LogP contribution in [0.1, 0.15) is 18.1 Å². The summed E-state index contributed by atoms with van der Waals surface area (Å²) < 4.78 is 18.3. The van der Waals surface area contributed by atoms with Crippen LogP contribution in [0.5, 0.6) is 11.5 Å². The van der Waals surface area contributed by atoms with Gasteiger partial charge in [-0.2, -0.15) is 0 Å². The lowest BCUT2D eigenvalue weighted by Gasteiger charge is -2.13. The van der Waals surface area contributed by atoms with Crippen LogP contribution in [0.3, 0.4) is 0 Å².